The van der Waals surface area contributed by atoms with Gasteiger partial charge in [-0.1, -0.05) is 18.2 Å². The second kappa shape index (κ2) is 8.77. The van der Waals surface area contributed by atoms with E-state index in [0.29, 0.717) is 18.5 Å². The van der Waals surface area contributed by atoms with Gasteiger partial charge in [-0.15, -0.1) is 0 Å². The zero-order valence-corrected chi connectivity index (χ0v) is 13.7. The van der Waals surface area contributed by atoms with Gasteiger partial charge in [-0.05, 0) is 29.7 Å². The van der Waals surface area contributed by atoms with Crippen molar-refractivity contribution in [1.29, 1.82) is 0 Å². The molecule has 25 heavy (non-hydrogen) atoms. The smallest absolute Gasteiger partial charge is 0.481 e. The quantitative estimate of drug-likeness (QED) is 0.345. The Hall–Kier alpha value is -2.20. The van der Waals surface area contributed by atoms with E-state index in [4.69, 9.17) is 21.2 Å². The Morgan fingerprint density at radius 3 is 2.64 bits per heavy atom. The van der Waals surface area contributed by atoms with Crippen molar-refractivity contribution in [2.75, 3.05) is 0 Å². The molecule has 0 aliphatic carbocycles. The molecule has 9 heteroatoms. The van der Waals surface area contributed by atoms with Gasteiger partial charge in [-0.3, -0.25) is 9.59 Å². The summed E-state index contributed by atoms with van der Waals surface area (Å²) in [5.41, 5.74) is 13.3. The average molecular weight is 347 g/mol. The van der Waals surface area contributed by atoms with E-state index in [1.54, 1.807) is 30.4 Å². The second-order valence-electron chi connectivity index (χ2n) is 5.80. The Balaban J connectivity index is 2.06. The number of nitrogens with one attached hydrogen (secondary N) is 1. The maximum atomic E-state index is 12.4. The number of rotatable bonds is 6. The van der Waals surface area contributed by atoms with Gasteiger partial charge in [0.15, 0.2) is 0 Å². The zero-order chi connectivity index (χ0) is 18.4. The Bertz CT molecular complexity index is 667. The molecule has 0 saturated carbocycles. The molecule has 1 aromatic carbocycles. The third-order valence-corrected chi connectivity index (χ3v) is 3.99. The number of carboxylic acid groups (broad SMARTS) is 1. The number of amides is 1. The van der Waals surface area contributed by atoms with Crippen LogP contribution >= 0.6 is 0 Å². The molecule has 0 aromatic heterocycles. The van der Waals surface area contributed by atoms with Crippen molar-refractivity contribution in [3.63, 3.8) is 0 Å². The Morgan fingerprint density at radius 2 is 2.00 bits per heavy atom. The summed E-state index contributed by atoms with van der Waals surface area (Å²) in [7, 11) is -1.33. The fraction of sp³-hybridized carbons (Fsp3) is 0.375. The highest BCUT2D eigenvalue weighted by Crippen LogP contribution is 2.15. The van der Waals surface area contributed by atoms with Gasteiger partial charge in [0.2, 0.25) is 0 Å². The summed E-state index contributed by atoms with van der Waals surface area (Å²) in [4.78, 5) is 23.2. The number of carbonyl (C=O) groups is 2. The largest absolute Gasteiger partial charge is 0.482 e. The molecule has 8 nitrogen and oxygen atoms in total. The first-order valence-corrected chi connectivity index (χ1v) is 7.99. The minimum absolute atomic E-state index is 0.220. The molecule has 1 aromatic rings. The van der Waals surface area contributed by atoms with E-state index >= 15 is 0 Å². The van der Waals surface area contributed by atoms with Crippen LogP contribution in [0.15, 0.2) is 30.4 Å². The normalized spacial score (nSPS) is 20.2. The average Bonchev–Trinajstić information content (AvgIpc) is 2.75. The van der Waals surface area contributed by atoms with Crippen LogP contribution in [0.2, 0.25) is 0 Å². The van der Waals surface area contributed by atoms with Crippen LogP contribution in [0.25, 0.3) is 0 Å². The van der Waals surface area contributed by atoms with Gasteiger partial charge in [0.25, 0.3) is 5.91 Å². The minimum atomic E-state index is -1.33. The van der Waals surface area contributed by atoms with Crippen LogP contribution in [0.1, 0.15) is 34.3 Å². The van der Waals surface area contributed by atoms with Gasteiger partial charge in [0.1, 0.15) is 0 Å². The van der Waals surface area contributed by atoms with Gasteiger partial charge < -0.3 is 31.6 Å². The molecule has 0 spiro atoms. The van der Waals surface area contributed by atoms with Crippen molar-refractivity contribution in [3.05, 3.63) is 47.0 Å². The van der Waals surface area contributed by atoms with E-state index in [1.165, 1.54) is 0 Å². The summed E-state index contributed by atoms with van der Waals surface area (Å²) < 4.78 is 5.31. The lowest BCUT2D eigenvalue weighted by atomic mass is 9.78. The van der Waals surface area contributed by atoms with Crippen molar-refractivity contribution < 1.29 is 24.4 Å². The van der Waals surface area contributed by atoms with Crippen molar-refractivity contribution in [3.8, 4) is 0 Å². The van der Waals surface area contributed by atoms with E-state index in [1.807, 2.05) is 0 Å². The van der Waals surface area contributed by atoms with Crippen LogP contribution < -0.4 is 16.8 Å². The van der Waals surface area contributed by atoms with E-state index in [-0.39, 0.29) is 13.0 Å². The lowest BCUT2D eigenvalue weighted by molar-refractivity contribution is -0.138. The van der Waals surface area contributed by atoms with Crippen molar-refractivity contribution in [1.82, 2.24) is 5.32 Å². The summed E-state index contributed by atoms with van der Waals surface area (Å²) in [6, 6.07) is 5.05. The third-order valence-electron chi connectivity index (χ3n) is 3.99. The molecule has 2 rings (SSSR count). The molecule has 0 radical (unpaired) electrons. The van der Waals surface area contributed by atoms with Crippen LogP contribution in [0.5, 0.6) is 0 Å². The van der Waals surface area contributed by atoms with Gasteiger partial charge in [-0.25, -0.2) is 0 Å². The molecule has 1 aliphatic rings. The maximum absolute atomic E-state index is 12.4. The highest BCUT2D eigenvalue weighted by molar-refractivity contribution is 6.46. The van der Waals surface area contributed by atoms with Crippen LogP contribution in [0, 0.1) is 0 Å². The predicted octanol–water partition coefficient (Wildman–Crippen LogP) is -0.458. The minimum Gasteiger partial charge on any atom is -0.481 e. The molecule has 1 heterocycles. The monoisotopic (exact) mass is 347 g/mol. The van der Waals surface area contributed by atoms with Crippen LogP contribution in [-0.4, -0.2) is 41.2 Å². The zero-order valence-electron chi connectivity index (χ0n) is 13.7. The summed E-state index contributed by atoms with van der Waals surface area (Å²) in [5, 5.41) is 21.6. The van der Waals surface area contributed by atoms with E-state index in [9.17, 15) is 14.6 Å². The Morgan fingerprint density at radius 1 is 1.28 bits per heavy atom. The van der Waals surface area contributed by atoms with E-state index in [2.05, 4.69) is 5.32 Å². The number of aliphatic carboxylic acids is 1. The van der Waals surface area contributed by atoms with Gasteiger partial charge in [0, 0.05) is 18.7 Å². The number of carbonyl (C=O) groups excluding carboxylic acids is 1. The van der Waals surface area contributed by atoms with E-state index in [0.717, 1.165) is 11.1 Å². The number of benzene rings is 1. The highest BCUT2D eigenvalue weighted by atomic mass is 16.5. The first-order chi connectivity index (χ1) is 11.9. The van der Waals surface area contributed by atoms with Gasteiger partial charge in [-0.2, -0.15) is 0 Å². The van der Waals surface area contributed by atoms with Crippen LogP contribution in [0.3, 0.4) is 0 Å². The van der Waals surface area contributed by atoms with Crippen molar-refractivity contribution in [2.24, 2.45) is 11.5 Å². The molecule has 1 aliphatic heterocycles. The van der Waals surface area contributed by atoms with Crippen LogP contribution in [-0.2, 0) is 22.5 Å². The standard InChI is InChI=1S/C16H22BN3O5/c18-8-11-5-4-10(6-12(11)9-19)16(23)20-14-3-1-2-13(7-15(21)22)25-17(14)24/h1,3-6,13-14,24H,2,7-9,18-19H2,(H,20,23)(H,21,22)/t13-,14+/m1/s1. The number of nitrogens with two attached hydrogens (primary N) is 2. The highest BCUT2D eigenvalue weighted by Gasteiger charge is 2.32. The summed E-state index contributed by atoms with van der Waals surface area (Å²) >= 11 is 0. The molecular formula is C16H22BN3O5. The lowest BCUT2D eigenvalue weighted by Crippen LogP contribution is -2.47. The Kier molecular flexibility index (Phi) is 6.71. The number of hydrogen-bond donors (Lipinski definition) is 5. The lowest BCUT2D eigenvalue weighted by Gasteiger charge is -2.20. The van der Waals surface area contributed by atoms with Crippen molar-refractivity contribution >= 4 is 19.0 Å². The second-order valence-corrected chi connectivity index (χ2v) is 5.80. The molecule has 134 valence electrons. The fourth-order valence-corrected chi connectivity index (χ4v) is 2.65. The first-order valence-electron chi connectivity index (χ1n) is 7.99. The number of hydrogen-bond acceptors (Lipinski definition) is 6. The third kappa shape index (κ3) is 5.14. The van der Waals surface area contributed by atoms with Gasteiger partial charge in [0.05, 0.1) is 18.5 Å². The SMILES string of the molecule is NCc1ccc(C(=O)N[C@H]2C=CC[C@H](CC(=O)O)OB2O)cc1CN. The molecule has 7 N–H and O–H groups in total. The molecule has 1 amide bonds. The van der Waals surface area contributed by atoms with Crippen LogP contribution in [0.4, 0.5) is 0 Å². The molecule has 0 unspecified atom stereocenters. The molecular weight excluding hydrogens is 325 g/mol. The Labute approximate surface area is 146 Å². The van der Waals surface area contributed by atoms with Crippen molar-refractivity contribution in [2.45, 2.75) is 38.0 Å². The first kappa shape index (κ1) is 19.1. The fourth-order valence-electron chi connectivity index (χ4n) is 2.65. The topological polar surface area (TPSA) is 148 Å². The predicted molar refractivity (Wildman–Crippen MR) is 92.3 cm³/mol. The van der Waals surface area contributed by atoms with Gasteiger partial charge >= 0.3 is 13.1 Å². The molecule has 0 saturated heterocycles. The number of carboxylic acids is 1. The molecule has 0 bridgehead atoms. The summed E-state index contributed by atoms with van der Waals surface area (Å²) in [6.07, 6.45) is 2.78. The summed E-state index contributed by atoms with van der Waals surface area (Å²) in [6.45, 7) is 0.594. The van der Waals surface area contributed by atoms with E-state index < -0.39 is 31.0 Å². The molecule has 2 atom stereocenters. The summed E-state index contributed by atoms with van der Waals surface area (Å²) in [5.74, 6) is -2.18. The molecule has 0 fully saturated rings. The maximum Gasteiger partial charge on any atom is 0.482 e.